The minimum Gasteiger partial charge on any atom is -0.477 e. The molecular weight excluding hydrogens is 338 g/mol. The van der Waals surface area contributed by atoms with E-state index in [0.29, 0.717) is 12.3 Å². The number of carboxylic acids is 1. The van der Waals surface area contributed by atoms with Crippen LogP contribution in [-0.2, 0) is 11.2 Å². The number of hydrogen-bond acceptors (Lipinski definition) is 6. The number of aromatic nitrogens is 2. The fourth-order valence-electron chi connectivity index (χ4n) is 2.74. The standard InChI is InChI=1S/C18H21N3O3S/c1-2-16-19-20-18(24-16)25-15(17(22)23)12-13-6-8-14(9-7-13)21-10-4-3-5-11-21/h6-9,12H,2-5,10-11H2,1H3,(H,22,23)/b15-12+. The number of benzene rings is 1. The van der Waals surface area contributed by atoms with Crippen LogP contribution in [0.1, 0.15) is 37.6 Å². The third kappa shape index (κ3) is 4.63. The summed E-state index contributed by atoms with van der Waals surface area (Å²) >= 11 is 0.971. The van der Waals surface area contributed by atoms with E-state index in [4.69, 9.17) is 4.42 Å². The second-order valence-electron chi connectivity index (χ2n) is 5.87. The van der Waals surface area contributed by atoms with Crippen molar-refractivity contribution in [2.75, 3.05) is 18.0 Å². The molecule has 132 valence electrons. The Hall–Kier alpha value is -2.28. The topological polar surface area (TPSA) is 79.5 Å². The molecule has 0 saturated carbocycles. The lowest BCUT2D eigenvalue weighted by molar-refractivity contribution is -0.131. The summed E-state index contributed by atoms with van der Waals surface area (Å²) in [6.45, 7) is 4.07. The molecule has 0 amide bonds. The Balaban J connectivity index is 1.74. The van der Waals surface area contributed by atoms with Crippen LogP contribution in [0.2, 0.25) is 0 Å². The van der Waals surface area contributed by atoms with Gasteiger partial charge in [0.1, 0.15) is 4.91 Å². The Labute approximate surface area is 150 Å². The van der Waals surface area contributed by atoms with Gasteiger partial charge in [0.15, 0.2) is 0 Å². The Morgan fingerprint density at radius 2 is 1.96 bits per heavy atom. The van der Waals surface area contributed by atoms with Crippen molar-refractivity contribution in [2.45, 2.75) is 37.8 Å². The summed E-state index contributed by atoms with van der Waals surface area (Å²) in [6, 6.07) is 7.98. The second-order valence-corrected chi connectivity index (χ2v) is 6.86. The van der Waals surface area contributed by atoms with Crippen LogP contribution in [-0.4, -0.2) is 34.4 Å². The second kappa shape index (κ2) is 8.20. The van der Waals surface area contributed by atoms with E-state index in [1.807, 2.05) is 31.2 Å². The average Bonchev–Trinajstić information content (AvgIpc) is 3.10. The van der Waals surface area contributed by atoms with Crippen molar-refractivity contribution in [2.24, 2.45) is 0 Å². The fourth-order valence-corrected chi connectivity index (χ4v) is 3.43. The van der Waals surface area contributed by atoms with Crippen LogP contribution >= 0.6 is 11.8 Å². The SMILES string of the molecule is CCc1nnc(S/C(=C/c2ccc(N3CCCCC3)cc2)C(=O)O)o1. The van der Waals surface area contributed by atoms with E-state index in [1.54, 1.807) is 6.08 Å². The summed E-state index contributed by atoms with van der Waals surface area (Å²) in [4.78, 5) is 14.0. The maximum Gasteiger partial charge on any atom is 0.342 e. The number of hydrogen-bond donors (Lipinski definition) is 1. The molecule has 2 aromatic rings. The summed E-state index contributed by atoms with van der Waals surface area (Å²) in [6.07, 6.45) is 6.00. The first-order valence-electron chi connectivity index (χ1n) is 8.46. The van der Waals surface area contributed by atoms with Crippen LogP contribution in [0.25, 0.3) is 6.08 Å². The first kappa shape index (κ1) is 17.5. The average molecular weight is 359 g/mol. The lowest BCUT2D eigenvalue weighted by Gasteiger charge is -2.28. The van der Waals surface area contributed by atoms with E-state index >= 15 is 0 Å². The van der Waals surface area contributed by atoms with Gasteiger partial charge in [-0.15, -0.1) is 10.2 Å². The number of carboxylic acid groups (broad SMARTS) is 1. The van der Waals surface area contributed by atoms with Crippen molar-refractivity contribution in [1.82, 2.24) is 10.2 Å². The molecule has 1 aromatic heterocycles. The molecule has 0 unspecified atom stereocenters. The third-order valence-corrected chi connectivity index (χ3v) is 4.92. The minimum atomic E-state index is -1.01. The molecular formula is C18H21N3O3S. The molecule has 6 nitrogen and oxygen atoms in total. The summed E-state index contributed by atoms with van der Waals surface area (Å²) in [5, 5.41) is 17.4. The Kier molecular flexibility index (Phi) is 5.75. The zero-order valence-corrected chi connectivity index (χ0v) is 15.0. The van der Waals surface area contributed by atoms with E-state index < -0.39 is 5.97 Å². The van der Waals surface area contributed by atoms with E-state index in [2.05, 4.69) is 15.1 Å². The highest BCUT2D eigenvalue weighted by atomic mass is 32.2. The van der Waals surface area contributed by atoms with Crippen molar-refractivity contribution in [3.63, 3.8) is 0 Å². The van der Waals surface area contributed by atoms with Crippen LogP contribution in [0.3, 0.4) is 0 Å². The summed E-state index contributed by atoms with van der Waals surface area (Å²) in [7, 11) is 0. The van der Waals surface area contributed by atoms with E-state index in [-0.39, 0.29) is 10.1 Å². The van der Waals surface area contributed by atoms with Gasteiger partial charge in [-0.2, -0.15) is 0 Å². The van der Waals surface area contributed by atoms with E-state index in [1.165, 1.54) is 24.9 Å². The number of thioether (sulfide) groups is 1. The molecule has 1 aliphatic heterocycles. The third-order valence-electron chi connectivity index (χ3n) is 4.07. The maximum atomic E-state index is 11.5. The minimum absolute atomic E-state index is 0.150. The summed E-state index contributed by atoms with van der Waals surface area (Å²) in [5.74, 6) is -0.514. The predicted octanol–water partition coefficient (Wildman–Crippen LogP) is 3.84. The lowest BCUT2D eigenvalue weighted by Crippen LogP contribution is -2.29. The number of carbonyl (C=O) groups is 1. The Bertz CT molecular complexity index is 749. The number of anilines is 1. The predicted molar refractivity (Wildman–Crippen MR) is 97.7 cm³/mol. The Morgan fingerprint density at radius 3 is 2.56 bits per heavy atom. The zero-order valence-electron chi connectivity index (χ0n) is 14.1. The summed E-state index contributed by atoms with van der Waals surface area (Å²) in [5.41, 5.74) is 2.02. The van der Waals surface area contributed by atoms with Crippen LogP contribution in [0, 0.1) is 0 Å². The molecule has 1 aromatic carbocycles. The molecule has 2 heterocycles. The number of rotatable bonds is 6. The van der Waals surface area contributed by atoms with Crippen LogP contribution in [0.15, 0.2) is 38.8 Å². The van der Waals surface area contributed by atoms with Crippen molar-refractivity contribution >= 4 is 29.5 Å². The van der Waals surface area contributed by atoms with Gasteiger partial charge in [0.05, 0.1) is 0 Å². The molecule has 0 radical (unpaired) electrons. The first-order chi connectivity index (χ1) is 12.2. The Morgan fingerprint density at radius 1 is 1.24 bits per heavy atom. The molecule has 7 heteroatoms. The molecule has 0 atom stereocenters. The molecule has 0 aliphatic carbocycles. The van der Waals surface area contributed by atoms with Crippen molar-refractivity contribution in [3.05, 3.63) is 40.6 Å². The lowest BCUT2D eigenvalue weighted by atomic mass is 10.1. The van der Waals surface area contributed by atoms with E-state index in [0.717, 1.165) is 30.4 Å². The van der Waals surface area contributed by atoms with Gasteiger partial charge in [-0.1, -0.05) is 19.1 Å². The zero-order chi connectivity index (χ0) is 17.6. The molecule has 1 aliphatic rings. The highest BCUT2D eigenvalue weighted by Crippen LogP contribution is 2.28. The van der Waals surface area contributed by atoms with Crippen LogP contribution < -0.4 is 4.90 Å². The molecule has 3 rings (SSSR count). The molecule has 1 N–H and O–H groups in total. The van der Waals surface area contributed by atoms with Gasteiger partial charge in [-0.25, -0.2) is 4.79 Å². The largest absolute Gasteiger partial charge is 0.477 e. The summed E-state index contributed by atoms with van der Waals surface area (Å²) < 4.78 is 5.38. The monoisotopic (exact) mass is 359 g/mol. The molecule has 1 saturated heterocycles. The fraction of sp³-hybridized carbons (Fsp3) is 0.389. The highest BCUT2D eigenvalue weighted by Gasteiger charge is 2.15. The van der Waals surface area contributed by atoms with Gasteiger partial charge in [0.2, 0.25) is 5.89 Å². The highest BCUT2D eigenvalue weighted by molar-refractivity contribution is 8.03. The molecule has 25 heavy (non-hydrogen) atoms. The molecule has 0 spiro atoms. The van der Waals surface area contributed by atoms with Crippen molar-refractivity contribution in [1.29, 1.82) is 0 Å². The molecule has 1 fully saturated rings. The van der Waals surface area contributed by atoms with Crippen LogP contribution in [0.4, 0.5) is 5.69 Å². The quantitative estimate of drug-likeness (QED) is 0.620. The van der Waals surface area contributed by atoms with Gasteiger partial charge < -0.3 is 14.4 Å². The van der Waals surface area contributed by atoms with E-state index in [9.17, 15) is 9.90 Å². The normalized spacial score (nSPS) is 15.4. The smallest absolute Gasteiger partial charge is 0.342 e. The number of aliphatic carboxylic acids is 1. The first-order valence-corrected chi connectivity index (χ1v) is 9.27. The van der Waals surface area contributed by atoms with Gasteiger partial charge in [0, 0.05) is 25.2 Å². The maximum absolute atomic E-state index is 11.5. The number of aryl methyl sites for hydroxylation is 1. The number of piperidine rings is 1. The van der Waals surface area contributed by atoms with Gasteiger partial charge in [-0.3, -0.25) is 0 Å². The number of nitrogens with zero attached hydrogens (tertiary/aromatic N) is 3. The molecule has 0 bridgehead atoms. The van der Waals surface area contributed by atoms with Gasteiger partial charge >= 0.3 is 5.97 Å². The van der Waals surface area contributed by atoms with Gasteiger partial charge in [-0.05, 0) is 54.8 Å². The van der Waals surface area contributed by atoms with Crippen molar-refractivity contribution in [3.8, 4) is 0 Å². The van der Waals surface area contributed by atoms with Crippen molar-refractivity contribution < 1.29 is 14.3 Å². The van der Waals surface area contributed by atoms with Gasteiger partial charge in [0.25, 0.3) is 5.22 Å². The van der Waals surface area contributed by atoms with Crippen LogP contribution in [0.5, 0.6) is 0 Å².